The number of benzene rings is 1. The number of hydrogen-bond donors (Lipinski definition) is 3. The molecule has 126 valence electrons. The highest BCUT2D eigenvalue weighted by molar-refractivity contribution is 7.80. The minimum atomic E-state index is -0.721. The lowest BCUT2D eigenvalue weighted by atomic mass is 10.2. The lowest BCUT2D eigenvalue weighted by Crippen LogP contribution is -2.54. The molecule has 0 heterocycles. The molecule has 0 aromatic heterocycles. The van der Waals surface area contributed by atoms with E-state index < -0.39 is 17.2 Å². The Morgan fingerprint density at radius 1 is 1.39 bits per heavy atom. The third-order valence-corrected chi connectivity index (χ3v) is 3.86. The normalized spacial score (nSPS) is 23.0. The highest BCUT2D eigenvalue weighted by Gasteiger charge is 2.57. The first-order chi connectivity index (χ1) is 10.7. The predicted molar refractivity (Wildman–Crippen MR) is 91.7 cm³/mol. The van der Waals surface area contributed by atoms with Gasteiger partial charge in [0.1, 0.15) is 17.7 Å². The van der Waals surface area contributed by atoms with Crippen LogP contribution in [0.3, 0.4) is 0 Å². The summed E-state index contributed by atoms with van der Waals surface area (Å²) < 4.78 is 10.8. The van der Waals surface area contributed by atoms with Crippen LogP contribution in [0.5, 0.6) is 0 Å². The third kappa shape index (κ3) is 4.89. The van der Waals surface area contributed by atoms with E-state index in [1.807, 2.05) is 30.3 Å². The number of rotatable bonds is 5. The zero-order valence-electron chi connectivity index (χ0n) is 13.6. The second-order valence-electron chi connectivity index (χ2n) is 6.60. The maximum Gasteiger partial charge on any atom is 0.422 e. The second kappa shape index (κ2) is 6.82. The Morgan fingerprint density at radius 2 is 2.00 bits per heavy atom. The van der Waals surface area contributed by atoms with Crippen LogP contribution in [0.25, 0.3) is 0 Å². The number of nitrogens with one attached hydrogen (secondary N) is 2. The standard InChI is InChI=1S/C16H23N3O3S/c1-15(2,3)22-14(20)18-19-16(9-12(16)17)13(23)21-10-11-7-5-4-6-8-11/h4-8,12,19H,9-10,17H2,1-3H3,(H,18,20). The molecule has 7 heteroatoms. The van der Waals surface area contributed by atoms with Gasteiger partial charge in [0.25, 0.3) is 0 Å². The second-order valence-corrected chi connectivity index (χ2v) is 6.97. The van der Waals surface area contributed by atoms with Crippen molar-refractivity contribution in [1.82, 2.24) is 10.9 Å². The van der Waals surface area contributed by atoms with Crippen molar-refractivity contribution in [2.45, 2.75) is 51.0 Å². The summed E-state index contributed by atoms with van der Waals surface area (Å²) in [5.74, 6) is 0. The van der Waals surface area contributed by atoms with E-state index in [0.717, 1.165) is 5.56 Å². The van der Waals surface area contributed by atoms with Crippen molar-refractivity contribution in [2.24, 2.45) is 5.73 Å². The van der Waals surface area contributed by atoms with Gasteiger partial charge < -0.3 is 15.2 Å². The van der Waals surface area contributed by atoms with Crippen LogP contribution >= 0.6 is 12.2 Å². The van der Waals surface area contributed by atoms with Crippen LogP contribution < -0.4 is 16.6 Å². The molecular formula is C16H23N3O3S. The lowest BCUT2D eigenvalue weighted by Gasteiger charge is -2.23. The SMILES string of the molecule is CC(C)(C)OC(=O)NNC1(C(=S)OCc2ccccc2)CC1N. The maximum absolute atomic E-state index is 11.7. The van der Waals surface area contributed by atoms with Gasteiger partial charge in [0.15, 0.2) is 5.05 Å². The van der Waals surface area contributed by atoms with Crippen LogP contribution in [-0.4, -0.2) is 28.3 Å². The lowest BCUT2D eigenvalue weighted by molar-refractivity contribution is 0.0488. The predicted octanol–water partition coefficient (Wildman–Crippen LogP) is 2.03. The Hall–Kier alpha value is -1.70. The van der Waals surface area contributed by atoms with Crippen LogP contribution in [0.15, 0.2) is 30.3 Å². The average molecular weight is 337 g/mol. The Bertz CT molecular complexity index is 574. The van der Waals surface area contributed by atoms with Crippen molar-refractivity contribution in [1.29, 1.82) is 0 Å². The number of hydrogen-bond acceptors (Lipinski definition) is 6. The summed E-state index contributed by atoms with van der Waals surface area (Å²) in [6.07, 6.45) is 0.0120. The van der Waals surface area contributed by atoms with Gasteiger partial charge in [0, 0.05) is 6.04 Å². The molecule has 23 heavy (non-hydrogen) atoms. The van der Waals surface area contributed by atoms with E-state index in [9.17, 15) is 4.79 Å². The third-order valence-electron chi connectivity index (χ3n) is 3.38. The molecule has 0 aliphatic heterocycles. The summed E-state index contributed by atoms with van der Waals surface area (Å²) in [5, 5.41) is 0.338. The molecule has 4 N–H and O–H groups in total. The van der Waals surface area contributed by atoms with E-state index in [1.165, 1.54) is 0 Å². The van der Waals surface area contributed by atoms with Gasteiger partial charge >= 0.3 is 6.09 Å². The average Bonchev–Trinajstić information content (AvgIpc) is 3.14. The van der Waals surface area contributed by atoms with Crippen molar-refractivity contribution >= 4 is 23.4 Å². The van der Waals surface area contributed by atoms with Crippen molar-refractivity contribution < 1.29 is 14.3 Å². The summed E-state index contributed by atoms with van der Waals surface area (Å²) in [4.78, 5) is 11.7. The Labute approximate surface area is 141 Å². The summed E-state index contributed by atoms with van der Waals surface area (Å²) in [5.41, 5.74) is 11.0. The first kappa shape index (κ1) is 17.7. The fraction of sp³-hybridized carbons (Fsp3) is 0.500. The van der Waals surface area contributed by atoms with E-state index in [0.29, 0.717) is 18.1 Å². The number of nitrogens with two attached hydrogens (primary N) is 1. The van der Waals surface area contributed by atoms with Crippen LogP contribution in [0, 0.1) is 0 Å². The van der Waals surface area contributed by atoms with Gasteiger partial charge in [-0.3, -0.25) is 5.43 Å². The summed E-state index contributed by atoms with van der Waals surface area (Å²) in [6.45, 7) is 5.73. The van der Waals surface area contributed by atoms with Crippen LogP contribution in [-0.2, 0) is 16.1 Å². The first-order valence-corrected chi connectivity index (χ1v) is 7.87. The molecule has 1 amide bonds. The summed E-state index contributed by atoms with van der Waals surface area (Å²) in [6, 6.07) is 9.50. The molecule has 1 fully saturated rings. The molecule has 2 rings (SSSR count). The zero-order valence-corrected chi connectivity index (χ0v) is 14.4. The van der Waals surface area contributed by atoms with Gasteiger partial charge in [-0.1, -0.05) is 30.3 Å². The quantitative estimate of drug-likeness (QED) is 0.563. The first-order valence-electron chi connectivity index (χ1n) is 7.46. The Morgan fingerprint density at radius 3 is 2.52 bits per heavy atom. The molecule has 2 unspecified atom stereocenters. The molecule has 1 aromatic carbocycles. The molecule has 0 bridgehead atoms. The fourth-order valence-electron chi connectivity index (χ4n) is 2.04. The topological polar surface area (TPSA) is 85.6 Å². The summed E-state index contributed by atoms with van der Waals surface area (Å²) >= 11 is 5.33. The van der Waals surface area contributed by atoms with Gasteiger partial charge in [-0.05, 0) is 45.0 Å². The molecule has 1 aliphatic carbocycles. The van der Waals surface area contributed by atoms with E-state index >= 15 is 0 Å². The number of amides is 1. The largest absolute Gasteiger partial charge is 0.480 e. The number of carbonyl (C=O) groups excluding carboxylic acids is 1. The van der Waals surface area contributed by atoms with Crippen molar-refractivity contribution in [3.63, 3.8) is 0 Å². The van der Waals surface area contributed by atoms with Crippen LogP contribution in [0.4, 0.5) is 4.79 Å². The van der Waals surface area contributed by atoms with Crippen LogP contribution in [0.2, 0.25) is 0 Å². The van der Waals surface area contributed by atoms with Crippen LogP contribution in [0.1, 0.15) is 32.8 Å². The molecular weight excluding hydrogens is 314 g/mol. The minimum Gasteiger partial charge on any atom is -0.480 e. The number of carbonyl (C=O) groups is 1. The van der Waals surface area contributed by atoms with Gasteiger partial charge in [-0.2, -0.15) is 0 Å². The molecule has 1 aromatic rings. The smallest absolute Gasteiger partial charge is 0.422 e. The van der Waals surface area contributed by atoms with Gasteiger partial charge in [-0.15, -0.1) is 0 Å². The van der Waals surface area contributed by atoms with E-state index in [4.69, 9.17) is 27.4 Å². The molecule has 0 spiro atoms. The maximum atomic E-state index is 11.7. The van der Waals surface area contributed by atoms with Gasteiger partial charge in [0.2, 0.25) is 0 Å². The minimum absolute atomic E-state index is 0.208. The van der Waals surface area contributed by atoms with Crippen molar-refractivity contribution in [3.05, 3.63) is 35.9 Å². The molecule has 1 aliphatic rings. The monoisotopic (exact) mass is 337 g/mol. The molecule has 0 saturated heterocycles. The highest BCUT2D eigenvalue weighted by atomic mass is 32.1. The van der Waals surface area contributed by atoms with Gasteiger partial charge in [-0.25, -0.2) is 10.2 Å². The zero-order chi connectivity index (χ0) is 17.1. The number of hydrazine groups is 1. The van der Waals surface area contributed by atoms with E-state index in [-0.39, 0.29) is 6.04 Å². The Kier molecular flexibility index (Phi) is 5.23. The van der Waals surface area contributed by atoms with Crippen molar-refractivity contribution in [3.8, 4) is 0 Å². The molecule has 6 nitrogen and oxygen atoms in total. The fourth-order valence-corrected chi connectivity index (χ4v) is 2.38. The Balaban J connectivity index is 1.85. The molecule has 0 radical (unpaired) electrons. The highest BCUT2D eigenvalue weighted by Crippen LogP contribution is 2.36. The van der Waals surface area contributed by atoms with E-state index in [1.54, 1.807) is 20.8 Å². The number of thiocarbonyl (C=S) groups is 1. The summed E-state index contributed by atoms with van der Waals surface area (Å²) in [7, 11) is 0. The van der Waals surface area contributed by atoms with Crippen molar-refractivity contribution in [2.75, 3.05) is 0 Å². The van der Waals surface area contributed by atoms with Gasteiger partial charge in [0.05, 0.1) is 0 Å². The molecule has 2 atom stereocenters. The molecule has 1 saturated carbocycles. The number of ether oxygens (including phenoxy) is 2. The van der Waals surface area contributed by atoms with E-state index in [2.05, 4.69) is 10.9 Å².